The molecule has 6 nitrogen and oxygen atoms in total. The lowest BCUT2D eigenvalue weighted by atomic mass is 9.85. The SMILES string of the molecule is C#CCN1CCN(C(=O)N[C@H]2CCC[C@@H](C(=O)NC(C)C)C2)CC1. The van der Waals surface area contributed by atoms with Gasteiger partial charge in [-0.05, 0) is 33.1 Å². The first-order valence-corrected chi connectivity index (χ1v) is 9.01. The van der Waals surface area contributed by atoms with Crippen LogP contribution in [0.4, 0.5) is 4.79 Å². The minimum absolute atomic E-state index is 0.00900. The molecule has 1 aliphatic heterocycles. The van der Waals surface area contributed by atoms with E-state index < -0.39 is 0 Å². The third-order valence-electron chi connectivity index (χ3n) is 4.78. The molecule has 0 unspecified atom stereocenters. The van der Waals surface area contributed by atoms with Crippen LogP contribution in [-0.4, -0.2) is 66.5 Å². The second-order valence-corrected chi connectivity index (χ2v) is 7.14. The molecule has 0 aromatic heterocycles. The van der Waals surface area contributed by atoms with E-state index in [4.69, 9.17) is 6.42 Å². The Balaban J connectivity index is 1.77. The van der Waals surface area contributed by atoms with Crippen LogP contribution in [0.5, 0.6) is 0 Å². The van der Waals surface area contributed by atoms with Gasteiger partial charge in [0, 0.05) is 44.2 Å². The molecule has 24 heavy (non-hydrogen) atoms. The summed E-state index contributed by atoms with van der Waals surface area (Å²) in [6, 6.07) is 0.245. The van der Waals surface area contributed by atoms with Crippen molar-refractivity contribution in [1.82, 2.24) is 20.4 Å². The summed E-state index contributed by atoms with van der Waals surface area (Å²) in [5.74, 6) is 2.78. The van der Waals surface area contributed by atoms with Crippen LogP contribution >= 0.6 is 0 Å². The van der Waals surface area contributed by atoms with Crippen LogP contribution in [0.3, 0.4) is 0 Å². The van der Waals surface area contributed by atoms with Gasteiger partial charge in [0.2, 0.25) is 5.91 Å². The molecule has 1 heterocycles. The topological polar surface area (TPSA) is 64.7 Å². The molecule has 6 heteroatoms. The molecule has 2 aliphatic rings. The van der Waals surface area contributed by atoms with Crippen molar-refractivity contribution in [2.24, 2.45) is 5.92 Å². The van der Waals surface area contributed by atoms with Crippen molar-refractivity contribution < 1.29 is 9.59 Å². The number of urea groups is 1. The third-order valence-corrected chi connectivity index (χ3v) is 4.78. The Kier molecular flexibility index (Phi) is 6.92. The van der Waals surface area contributed by atoms with Gasteiger partial charge >= 0.3 is 6.03 Å². The largest absolute Gasteiger partial charge is 0.354 e. The van der Waals surface area contributed by atoms with E-state index in [1.165, 1.54) is 0 Å². The normalized spacial score (nSPS) is 25.2. The van der Waals surface area contributed by atoms with Crippen LogP contribution in [0.2, 0.25) is 0 Å². The van der Waals surface area contributed by atoms with E-state index in [2.05, 4.69) is 21.5 Å². The Labute approximate surface area is 145 Å². The van der Waals surface area contributed by atoms with E-state index in [1.54, 1.807) is 0 Å². The molecule has 2 rings (SSSR count). The highest BCUT2D eigenvalue weighted by Gasteiger charge is 2.30. The molecule has 134 valence electrons. The van der Waals surface area contributed by atoms with E-state index in [1.807, 2.05) is 18.7 Å². The molecular weight excluding hydrogens is 304 g/mol. The summed E-state index contributed by atoms with van der Waals surface area (Å²) in [6.07, 6.45) is 8.91. The number of amides is 3. The summed E-state index contributed by atoms with van der Waals surface area (Å²) in [5.41, 5.74) is 0. The number of hydrogen-bond acceptors (Lipinski definition) is 3. The first-order chi connectivity index (χ1) is 11.5. The lowest BCUT2D eigenvalue weighted by Gasteiger charge is -2.36. The van der Waals surface area contributed by atoms with Crippen molar-refractivity contribution in [2.45, 2.75) is 51.6 Å². The molecule has 0 radical (unpaired) electrons. The molecule has 1 saturated carbocycles. The lowest BCUT2D eigenvalue weighted by Crippen LogP contribution is -2.54. The standard InChI is InChI=1S/C18H30N4O2/c1-4-8-21-9-11-22(12-10-21)18(24)20-16-7-5-6-15(13-16)17(23)19-14(2)3/h1,14-16H,5-13H2,2-3H3,(H,19,23)(H,20,24)/t15-,16+/m1/s1. The number of carbonyl (C=O) groups is 2. The van der Waals surface area contributed by atoms with Crippen LogP contribution in [0.15, 0.2) is 0 Å². The fourth-order valence-corrected chi connectivity index (χ4v) is 3.47. The van der Waals surface area contributed by atoms with Crippen LogP contribution in [0.25, 0.3) is 0 Å². The van der Waals surface area contributed by atoms with E-state index in [0.717, 1.165) is 38.8 Å². The Bertz CT molecular complexity index is 478. The molecular formula is C18H30N4O2. The van der Waals surface area contributed by atoms with Gasteiger partial charge in [0.15, 0.2) is 0 Å². The zero-order chi connectivity index (χ0) is 17.5. The molecule has 2 atom stereocenters. The van der Waals surface area contributed by atoms with Crippen molar-refractivity contribution in [3.05, 3.63) is 0 Å². The first kappa shape index (κ1) is 18.6. The summed E-state index contributed by atoms with van der Waals surface area (Å²) in [4.78, 5) is 28.7. The maximum Gasteiger partial charge on any atom is 0.317 e. The minimum atomic E-state index is -0.00900. The molecule has 0 spiro atoms. The van der Waals surface area contributed by atoms with E-state index in [-0.39, 0.29) is 29.9 Å². The minimum Gasteiger partial charge on any atom is -0.354 e. The number of hydrogen-bond donors (Lipinski definition) is 2. The van der Waals surface area contributed by atoms with Crippen LogP contribution in [0.1, 0.15) is 39.5 Å². The maximum atomic E-state index is 12.4. The predicted molar refractivity (Wildman–Crippen MR) is 94.4 cm³/mol. The highest BCUT2D eigenvalue weighted by molar-refractivity contribution is 5.79. The number of nitrogens with one attached hydrogen (secondary N) is 2. The molecule has 3 amide bonds. The highest BCUT2D eigenvalue weighted by atomic mass is 16.2. The molecule has 2 fully saturated rings. The maximum absolute atomic E-state index is 12.4. The number of nitrogens with zero attached hydrogens (tertiary/aromatic N) is 2. The quantitative estimate of drug-likeness (QED) is 0.755. The highest BCUT2D eigenvalue weighted by Crippen LogP contribution is 2.25. The summed E-state index contributed by atoms with van der Waals surface area (Å²) in [6.45, 7) is 7.64. The molecule has 0 aromatic rings. The first-order valence-electron chi connectivity index (χ1n) is 9.01. The van der Waals surface area contributed by atoms with Gasteiger partial charge in [-0.3, -0.25) is 9.69 Å². The van der Waals surface area contributed by atoms with Crippen LogP contribution in [-0.2, 0) is 4.79 Å². The van der Waals surface area contributed by atoms with Crippen molar-refractivity contribution >= 4 is 11.9 Å². The average molecular weight is 334 g/mol. The van der Waals surface area contributed by atoms with Gasteiger partial charge in [0.1, 0.15) is 0 Å². The van der Waals surface area contributed by atoms with Crippen LogP contribution in [0, 0.1) is 18.3 Å². The molecule has 2 N–H and O–H groups in total. The second-order valence-electron chi connectivity index (χ2n) is 7.14. The molecule has 1 saturated heterocycles. The molecule has 0 bridgehead atoms. The van der Waals surface area contributed by atoms with Gasteiger partial charge in [-0.15, -0.1) is 6.42 Å². The lowest BCUT2D eigenvalue weighted by molar-refractivity contribution is -0.126. The predicted octanol–water partition coefficient (Wildman–Crippen LogP) is 1.03. The summed E-state index contributed by atoms with van der Waals surface area (Å²) < 4.78 is 0. The van der Waals surface area contributed by atoms with Crippen molar-refractivity contribution in [2.75, 3.05) is 32.7 Å². The van der Waals surface area contributed by atoms with E-state index >= 15 is 0 Å². The Hall–Kier alpha value is -1.74. The number of terminal acetylenes is 1. The van der Waals surface area contributed by atoms with Crippen molar-refractivity contribution in [1.29, 1.82) is 0 Å². The van der Waals surface area contributed by atoms with Crippen molar-refractivity contribution in [3.63, 3.8) is 0 Å². The smallest absolute Gasteiger partial charge is 0.317 e. The molecule has 1 aliphatic carbocycles. The van der Waals surface area contributed by atoms with Gasteiger partial charge in [-0.2, -0.15) is 0 Å². The number of rotatable bonds is 4. The summed E-state index contributed by atoms with van der Waals surface area (Å²) >= 11 is 0. The summed E-state index contributed by atoms with van der Waals surface area (Å²) in [7, 11) is 0. The van der Waals surface area contributed by atoms with Gasteiger partial charge in [0.05, 0.1) is 6.54 Å². The number of piperazine rings is 1. The fraction of sp³-hybridized carbons (Fsp3) is 0.778. The Morgan fingerprint density at radius 2 is 1.92 bits per heavy atom. The average Bonchev–Trinajstić information content (AvgIpc) is 2.55. The van der Waals surface area contributed by atoms with Crippen molar-refractivity contribution in [3.8, 4) is 12.3 Å². The monoisotopic (exact) mass is 334 g/mol. The number of carbonyl (C=O) groups excluding carboxylic acids is 2. The van der Waals surface area contributed by atoms with Crippen LogP contribution < -0.4 is 10.6 Å². The summed E-state index contributed by atoms with van der Waals surface area (Å²) in [5, 5.41) is 6.10. The van der Waals surface area contributed by atoms with E-state index in [9.17, 15) is 9.59 Å². The van der Waals surface area contributed by atoms with Gasteiger partial charge in [0.25, 0.3) is 0 Å². The Morgan fingerprint density at radius 3 is 2.54 bits per heavy atom. The van der Waals surface area contributed by atoms with E-state index in [0.29, 0.717) is 19.6 Å². The second kappa shape index (κ2) is 8.93. The zero-order valence-corrected chi connectivity index (χ0v) is 14.9. The van der Waals surface area contributed by atoms with Gasteiger partial charge in [-0.1, -0.05) is 12.3 Å². The van der Waals surface area contributed by atoms with Gasteiger partial charge in [-0.25, -0.2) is 4.79 Å². The zero-order valence-electron chi connectivity index (χ0n) is 14.9. The fourth-order valence-electron chi connectivity index (χ4n) is 3.47. The Morgan fingerprint density at radius 1 is 1.21 bits per heavy atom. The molecule has 0 aromatic carbocycles. The van der Waals surface area contributed by atoms with Gasteiger partial charge < -0.3 is 15.5 Å². The third kappa shape index (κ3) is 5.41.